The van der Waals surface area contributed by atoms with Crippen LogP contribution in [0.3, 0.4) is 0 Å². The maximum absolute atomic E-state index is 12.4. The quantitative estimate of drug-likeness (QED) is 0.520. The van der Waals surface area contributed by atoms with E-state index in [-0.39, 0.29) is 23.7 Å². The van der Waals surface area contributed by atoms with Crippen molar-refractivity contribution < 1.29 is 9.26 Å². The molecule has 0 saturated carbocycles. The van der Waals surface area contributed by atoms with Gasteiger partial charge in [-0.2, -0.15) is 4.98 Å². The summed E-state index contributed by atoms with van der Waals surface area (Å²) < 4.78 is 13.3. The Kier molecular flexibility index (Phi) is 6.90. The van der Waals surface area contributed by atoms with Crippen molar-refractivity contribution in [3.63, 3.8) is 0 Å². The van der Waals surface area contributed by atoms with Crippen LogP contribution in [0, 0.1) is 12.8 Å². The molecule has 192 valence electrons. The van der Waals surface area contributed by atoms with Gasteiger partial charge in [0.2, 0.25) is 5.95 Å². The van der Waals surface area contributed by atoms with Crippen molar-refractivity contribution in [3.8, 4) is 5.75 Å². The summed E-state index contributed by atoms with van der Waals surface area (Å²) in [7, 11) is 0. The Morgan fingerprint density at radius 2 is 1.92 bits per heavy atom. The Balaban J connectivity index is 1.15. The highest BCUT2D eigenvalue weighted by atomic mass is 16.5. The third-order valence-electron chi connectivity index (χ3n) is 7.24. The molecule has 2 N–H and O–H groups in total. The monoisotopic (exact) mass is 494 g/mol. The molecule has 2 fully saturated rings. The minimum atomic E-state index is -0.185. The second-order valence-corrected chi connectivity index (χ2v) is 9.80. The van der Waals surface area contributed by atoms with Gasteiger partial charge in [0.05, 0.1) is 24.5 Å². The summed E-state index contributed by atoms with van der Waals surface area (Å²) >= 11 is 0. The molecule has 11 heteroatoms. The van der Waals surface area contributed by atoms with E-state index in [0.717, 1.165) is 43.7 Å². The maximum atomic E-state index is 12.4. The third-order valence-corrected chi connectivity index (χ3v) is 7.24. The lowest BCUT2D eigenvalue weighted by Gasteiger charge is -2.33. The molecule has 11 nitrogen and oxygen atoms in total. The van der Waals surface area contributed by atoms with Crippen LogP contribution < -0.4 is 25.8 Å². The molecule has 3 atom stereocenters. The molecular formula is C25H34N8O3. The van der Waals surface area contributed by atoms with Crippen LogP contribution >= 0.6 is 0 Å². The molecule has 0 bridgehead atoms. The predicted molar refractivity (Wildman–Crippen MR) is 135 cm³/mol. The van der Waals surface area contributed by atoms with Crippen LogP contribution in [-0.2, 0) is 6.42 Å². The highest BCUT2D eigenvalue weighted by Crippen LogP contribution is 2.28. The minimum absolute atomic E-state index is 0.0354. The molecule has 0 aliphatic carbocycles. The van der Waals surface area contributed by atoms with Gasteiger partial charge in [0.15, 0.2) is 11.6 Å². The number of pyridine rings is 1. The number of hydrogen-bond acceptors (Lipinski definition) is 10. The van der Waals surface area contributed by atoms with Gasteiger partial charge in [0.25, 0.3) is 5.56 Å². The summed E-state index contributed by atoms with van der Waals surface area (Å²) in [4.78, 5) is 30.0. The first kappa shape index (κ1) is 24.2. The van der Waals surface area contributed by atoms with Crippen molar-refractivity contribution in [3.05, 3.63) is 52.5 Å². The molecule has 2 aliphatic rings. The molecule has 5 rings (SSSR count). The first-order valence-electron chi connectivity index (χ1n) is 12.7. The summed E-state index contributed by atoms with van der Waals surface area (Å²) in [5, 5.41) is 3.99. The van der Waals surface area contributed by atoms with E-state index < -0.39 is 0 Å². The largest absolute Gasteiger partial charge is 0.487 e. The Morgan fingerprint density at radius 3 is 2.61 bits per heavy atom. The van der Waals surface area contributed by atoms with E-state index >= 15 is 0 Å². The van der Waals surface area contributed by atoms with Crippen LogP contribution in [-0.4, -0.2) is 63.0 Å². The molecule has 0 unspecified atom stereocenters. The topological polar surface area (TPSA) is 128 Å². The number of anilines is 2. The zero-order chi connectivity index (χ0) is 25.2. The van der Waals surface area contributed by atoms with E-state index in [2.05, 4.69) is 31.9 Å². The van der Waals surface area contributed by atoms with E-state index in [9.17, 15) is 4.79 Å². The molecule has 2 saturated heterocycles. The van der Waals surface area contributed by atoms with Gasteiger partial charge in [0.1, 0.15) is 0 Å². The van der Waals surface area contributed by atoms with E-state index in [1.807, 2.05) is 31.0 Å². The summed E-state index contributed by atoms with van der Waals surface area (Å²) in [5.41, 5.74) is 7.37. The summed E-state index contributed by atoms with van der Waals surface area (Å²) in [6.45, 7) is 8.97. The minimum Gasteiger partial charge on any atom is -0.487 e. The molecule has 5 heterocycles. The van der Waals surface area contributed by atoms with Crippen LogP contribution in [0.25, 0.3) is 0 Å². The molecule has 2 aliphatic heterocycles. The average molecular weight is 495 g/mol. The van der Waals surface area contributed by atoms with Crippen LogP contribution in [0.5, 0.6) is 5.75 Å². The zero-order valence-corrected chi connectivity index (χ0v) is 21.1. The van der Waals surface area contributed by atoms with Crippen molar-refractivity contribution in [2.75, 3.05) is 36.0 Å². The van der Waals surface area contributed by atoms with E-state index in [1.54, 1.807) is 23.0 Å². The highest BCUT2D eigenvalue weighted by Gasteiger charge is 2.33. The lowest BCUT2D eigenvalue weighted by Crippen LogP contribution is -2.38. The van der Waals surface area contributed by atoms with Gasteiger partial charge in [-0.3, -0.25) is 4.79 Å². The van der Waals surface area contributed by atoms with Gasteiger partial charge in [0, 0.05) is 50.9 Å². The van der Waals surface area contributed by atoms with Gasteiger partial charge in [-0.25, -0.2) is 9.97 Å². The molecule has 0 aromatic carbocycles. The number of hydrogen-bond donors (Lipinski definition) is 1. The second-order valence-electron chi connectivity index (χ2n) is 9.80. The Bertz CT molecular complexity index is 1220. The van der Waals surface area contributed by atoms with Crippen molar-refractivity contribution in [2.24, 2.45) is 11.7 Å². The van der Waals surface area contributed by atoms with Crippen molar-refractivity contribution in [1.29, 1.82) is 0 Å². The Morgan fingerprint density at radius 1 is 1.17 bits per heavy atom. The smallest absolute Gasteiger partial charge is 0.324 e. The first-order chi connectivity index (χ1) is 17.4. The van der Waals surface area contributed by atoms with Crippen molar-refractivity contribution >= 4 is 12.0 Å². The van der Waals surface area contributed by atoms with Crippen molar-refractivity contribution in [1.82, 2.24) is 24.7 Å². The highest BCUT2D eigenvalue weighted by molar-refractivity contribution is 5.35. The second kappa shape index (κ2) is 10.3. The summed E-state index contributed by atoms with van der Waals surface area (Å²) in [6, 6.07) is 3.71. The maximum Gasteiger partial charge on any atom is 0.324 e. The summed E-state index contributed by atoms with van der Waals surface area (Å²) in [6.07, 6.45) is 8.07. The normalized spacial score (nSPS) is 21.7. The molecule has 3 aromatic heterocycles. The predicted octanol–water partition coefficient (Wildman–Crippen LogP) is 1.96. The average Bonchev–Trinajstić information content (AvgIpc) is 3.53. The number of aromatic nitrogens is 5. The summed E-state index contributed by atoms with van der Waals surface area (Å²) in [5.74, 6) is 2.39. The number of aryl methyl sites for hydroxylation is 2. The molecular weight excluding hydrogens is 460 g/mol. The fourth-order valence-corrected chi connectivity index (χ4v) is 5.06. The van der Waals surface area contributed by atoms with E-state index in [1.165, 1.54) is 0 Å². The Hall–Kier alpha value is -3.47. The zero-order valence-electron chi connectivity index (χ0n) is 21.1. The van der Waals surface area contributed by atoms with Gasteiger partial charge >= 0.3 is 6.01 Å². The van der Waals surface area contributed by atoms with Gasteiger partial charge < -0.3 is 29.4 Å². The third kappa shape index (κ3) is 5.06. The van der Waals surface area contributed by atoms with Gasteiger partial charge in [-0.15, -0.1) is 0 Å². The molecule has 3 aromatic rings. The molecule has 36 heavy (non-hydrogen) atoms. The molecule has 0 spiro atoms. The van der Waals surface area contributed by atoms with Crippen LogP contribution in [0.2, 0.25) is 0 Å². The number of ether oxygens (including phenoxy) is 1. The van der Waals surface area contributed by atoms with Crippen molar-refractivity contribution in [2.45, 2.75) is 58.2 Å². The standard InChI is InChI=1S/C25H34N8O3/c1-4-22-29-25(36-30-22)31-9-7-18(8-10-31)17(3)35-19-11-27-24(28-12-19)32-14-20(26)21(15-32)33-13-16(2)5-6-23(33)34/h5-6,11-13,17-18,20-21H,4,7-10,14-15,26H2,1-3H3/t17-,20+,21+/m0/s1. The fourth-order valence-electron chi connectivity index (χ4n) is 5.06. The van der Waals surface area contributed by atoms with Crippen LogP contribution in [0.4, 0.5) is 12.0 Å². The first-order valence-corrected chi connectivity index (χ1v) is 12.7. The number of nitrogens with zero attached hydrogens (tertiary/aromatic N) is 7. The fraction of sp³-hybridized carbons (Fsp3) is 0.560. The number of rotatable bonds is 7. The van der Waals surface area contributed by atoms with Crippen LogP contribution in [0.1, 0.15) is 44.1 Å². The lowest BCUT2D eigenvalue weighted by molar-refractivity contribution is 0.131. The Labute approximate surface area is 210 Å². The molecule has 0 radical (unpaired) electrons. The van der Waals surface area contributed by atoms with E-state index in [0.29, 0.717) is 36.7 Å². The number of nitrogens with two attached hydrogens (primary N) is 1. The van der Waals surface area contributed by atoms with Gasteiger partial charge in [-0.05, 0) is 38.2 Å². The number of piperidine rings is 1. The lowest BCUT2D eigenvalue weighted by atomic mass is 9.92. The SMILES string of the molecule is CCc1noc(N2CCC([C@H](C)Oc3cnc(N4C[C@@H](N)[C@H](n5cc(C)ccc5=O)C4)nc3)CC2)n1. The van der Waals surface area contributed by atoms with E-state index in [4.69, 9.17) is 15.0 Å². The molecule has 0 amide bonds. The van der Waals surface area contributed by atoms with Crippen LogP contribution in [0.15, 0.2) is 40.0 Å². The van der Waals surface area contributed by atoms with Gasteiger partial charge in [-0.1, -0.05) is 18.1 Å².